The molecule has 29 heavy (non-hydrogen) atoms. The molecule has 0 saturated heterocycles. The van der Waals surface area contributed by atoms with E-state index < -0.39 is 21.8 Å². The number of hydrogen-bond acceptors (Lipinski definition) is 1. The number of rotatable bonds is 0. The first-order chi connectivity index (χ1) is 12.9. The van der Waals surface area contributed by atoms with Gasteiger partial charge in [-0.25, -0.2) is 0 Å². The monoisotopic (exact) mass is 521 g/mol. The minimum absolute atomic E-state index is 1.11. The molecule has 0 atom stereocenters. The minimum Gasteiger partial charge on any atom is -0.418 e. The second kappa shape index (κ2) is 17.4. The van der Waals surface area contributed by atoms with E-state index in [1.54, 1.807) is 0 Å². The van der Waals surface area contributed by atoms with E-state index in [2.05, 4.69) is 45.1 Å². The molecule has 0 amide bonds. The normalized spacial score (nSPS) is 10.2. The molecule has 0 aliphatic heterocycles. The summed E-state index contributed by atoms with van der Waals surface area (Å²) in [4.78, 5) is 3.13. The Morgan fingerprint density at radius 3 is 1.31 bits per heavy atom. The van der Waals surface area contributed by atoms with E-state index >= 15 is 0 Å². The summed E-state index contributed by atoms with van der Waals surface area (Å²) in [6.45, 7) is 4.00. The number of aromatic amines is 1. The number of nitrogens with two attached hydrogens (primary N) is 1. The lowest BCUT2D eigenvalue weighted by molar-refractivity contribution is 0.366. The maximum Gasteiger partial charge on any atom is 0.673 e. The number of nitrogens with one attached hydrogen (secondary N) is 1. The molecule has 0 unspecified atom stereocenters. The zero-order chi connectivity index (χ0) is 24.5. The number of fused-ring (bicyclic) bond motifs is 1. The van der Waals surface area contributed by atoms with Gasteiger partial charge in [0.2, 0.25) is 0 Å². The van der Waals surface area contributed by atoms with Gasteiger partial charge in [-0.1, -0.05) is 35.8 Å². The van der Waals surface area contributed by atoms with Crippen LogP contribution in [-0.4, -0.2) is 26.7 Å². The quantitative estimate of drug-likeness (QED) is 0.208. The molecule has 2 aromatic rings. The molecule has 0 saturated carbocycles. The lowest BCUT2D eigenvalue weighted by Crippen LogP contribution is -2.02. The second-order valence-corrected chi connectivity index (χ2v) is 4.61. The molecule has 2 rings (SSSR count). The summed E-state index contributed by atoms with van der Waals surface area (Å²) < 4.78 is 127. The van der Waals surface area contributed by atoms with Gasteiger partial charge in [-0.05, 0) is 23.6 Å². The molecular weight excluding hydrogens is 507 g/mol. The first-order valence-corrected chi connectivity index (χ1v) is 7.72. The molecular formula is C10H14B3BrF13N2-3. The van der Waals surface area contributed by atoms with Crippen molar-refractivity contribution in [2.24, 2.45) is 5.96 Å². The van der Waals surface area contributed by atoms with Crippen LogP contribution in [0.1, 0.15) is 13.8 Å². The number of halogens is 14. The third-order valence-corrected chi connectivity index (χ3v) is 2.01. The lowest BCUT2D eigenvalue weighted by atomic mass is 10.3. The van der Waals surface area contributed by atoms with Crippen LogP contribution >= 0.6 is 15.9 Å². The van der Waals surface area contributed by atoms with Crippen molar-refractivity contribution < 1.29 is 56.3 Å². The Hall–Kier alpha value is -1.52. The van der Waals surface area contributed by atoms with Gasteiger partial charge in [0.1, 0.15) is 0 Å². The van der Waals surface area contributed by atoms with Crippen LogP contribution < -0.4 is 5.96 Å². The third kappa shape index (κ3) is 51.9. The van der Waals surface area contributed by atoms with Crippen molar-refractivity contribution in [2.75, 3.05) is 0 Å². The van der Waals surface area contributed by atoms with E-state index in [1.165, 1.54) is 10.9 Å². The molecule has 174 valence electrons. The lowest BCUT2D eigenvalue weighted by Gasteiger charge is -1.94. The Kier molecular flexibility index (Phi) is 20.9. The highest BCUT2D eigenvalue weighted by Crippen LogP contribution is 2.17. The maximum absolute atomic E-state index is 9.75. The van der Waals surface area contributed by atoms with Crippen LogP contribution in [0.15, 0.2) is 34.9 Å². The van der Waals surface area contributed by atoms with Crippen molar-refractivity contribution in [3.05, 3.63) is 34.9 Å². The van der Waals surface area contributed by atoms with Gasteiger partial charge >= 0.3 is 21.8 Å². The summed E-state index contributed by atoms with van der Waals surface area (Å²) >= 11 is 3.40. The summed E-state index contributed by atoms with van der Waals surface area (Å²) in [5.74, 6) is 3.00. The zero-order valence-electron chi connectivity index (χ0n) is 14.5. The van der Waals surface area contributed by atoms with Gasteiger partial charge in [0.25, 0.3) is 0 Å². The predicted octanol–water partition coefficient (Wildman–Crippen LogP) is 7.69. The molecule has 1 heterocycles. The Bertz CT molecular complexity index is 569. The van der Waals surface area contributed by atoms with Gasteiger partial charge in [0, 0.05) is 16.2 Å². The standard InChI is InChI=1S/C8H6BrN.C2H6.3BF4.FH2N/c9-7-2-1-6-3-4-10-8(6)5-7;1-2;3*2-1(3,4)5;1-2/h1-5,10H;1-2H3;;;;2H2/q;;3*-1;. The average molecular weight is 522 g/mol. The second-order valence-electron chi connectivity index (χ2n) is 3.69. The van der Waals surface area contributed by atoms with Crippen molar-refractivity contribution >= 4 is 48.6 Å². The Morgan fingerprint density at radius 1 is 0.690 bits per heavy atom. The number of aromatic nitrogens is 1. The summed E-state index contributed by atoms with van der Waals surface area (Å²) in [7, 11) is -18.0. The highest BCUT2D eigenvalue weighted by atomic mass is 79.9. The van der Waals surface area contributed by atoms with E-state index in [-0.39, 0.29) is 0 Å². The summed E-state index contributed by atoms with van der Waals surface area (Å²) in [5.41, 5.74) is 1.18. The molecule has 19 heteroatoms. The van der Waals surface area contributed by atoms with Crippen molar-refractivity contribution in [1.82, 2.24) is 4.98 Å². The Balaban J connectivity index is -0.000000144. The molecule has 0 fully saturated rings. The molecule has 3 N–H and O–H groups in total. The van der Waals surface area contributed by atoms with Gasteiger partial charge in [-0.2, -0.15) is 5.96 Å². The van der Waals surface area contributed by atoms with E-state index in [0.717, 1.165) is 4.47 Å². The van der Waals surface area contributed by atoms with Crippen LogP contribution in [0, 0.1) is 0 Å². The van der Waals surface area contributed by atoms with Crippen LogP contribution in [0.4, 0.5) is 56.3 Å². The summed E-state index contributed by atoms with van der Waals surface area (Å²) in [6, 6.07) is 8.24. The zero-order valence-corrected chi connectivity index (χ0v) is 16.1. The van der Waals surface area contributed by atoms with E-state index in [9.17, 15) is 51.8 Å². The largest absolute Gasteiger partial charge is 0.673 e. The highest BCUT2D eigenvalue weighted by molar-refractivity contribution is 9.10. The van der Waals surface area contributed by atoms with Crippen molar-refractivity contribution in [1.29, 1.82) is 0 Å². The molecule has 2 nitrogen and oxygen atoms in total. The van der Waals surface area contributed by atoms with Crippen LogP contribution in [0.5, 0.6) is 0 Å². The topological polar surface area (TPSA) is 41.8 Å². The number of H-pyrrole nitrogens is 1. The molecule has 0 aliphatic rings. The van der Waals surface area contributed by atoms with Gasteiger partial charge in [-0.3, -0.25) is 0 Å². The Morgan fingerprint density at radius 2 is 1.00 bits per heavy atom. The van der Waals surface area contributed by atoms with Crippen LogP contribution in [0.2, 0.25) is 0 Å². The number of benzene rings is 1. The molecule has 0 radical (unpaired) electrons. The predicted molar refractivity (Wildman–Crippen MR) is 93.2 cm³/mol. The van der Waals surface area contributed by atoms with Crippen molar-refractivity contribution in [2.45, 2.75) is 13.8 Å². The van der Waals surface area contributed by atoms with Crippen LogP contribution in [-0.2, 0) is 0 Å². The van der Waals surface area contributed by atoms with E-state index in [1.807, 2.05) is 26.1 Å². The smallest absolute Gasteiger partial charge is 0.418 e. The first-order valence-electron chi connectivity index (χ1n) is 6.92. The van der Waals surface area contributed by atoms with E-state index in [0.29, 0.717) is 0 Å². The first kappa shape index (κ1) is 35.0. The molecule has 0 spiro atoms. The van der Waals surface area contributed by atoms with Crippen molar-refractivity contribution in [3.8, 4) is 0 Å². The van der Waals surface area contributed by atoms with Gasteiger partial charge in [0.15, 0.2) is 0 Å². The Labute approximate surface area is 165 Å². The third-order valence-electron chi connectivity index (χ3n) is 1.52. The van der Waals surface area contributed by atoms with Gasteiger partial charge in [-0.15, -0.1) is 4.48 Å². The average Bonchev–Trinajstić information content (AvgIpc) is 2.93. The van der Waals surface area contributed by atoms with Gasteiger partial charge < -0.3 is 56.8 Å². The molecule has 0 bridgehead atoms. The number of hydrogen-bond donors (Lipinski definition) is 2. The van der Waals surface area contributed by atoms with E-state index in [4.69, 9.17) is 4.48 Å². The van der Waals surface area contributed by atoms with Crippen LogP contribution in [0.25, 0.3) is 10.9 Å². The van der Waals surface area contributed by atoms with Gasteiger partial charge in [0.05, 0.1) is 0 Å². The highest BCUT2D eigenvalue weighted by Gasteiger charge is 2.21. The van der Waals surface area contributed by atoms with Crippen molar-refractivity contribution in [3.63, 3.8) is 0 Å². The fourth-order valence-electron chi connectivity index (χ4n) is 1.02. The summed E-state index contributed by atoms with van der Waals surface area (Å²) in [6.07, 6.45) is 1.94. The van der Waals surface area contributed by atoms with Crippen LogP contribution in [0.3, 0.4) is 0 Å². The summed E-state index contributed by atoms with van der Waals surface area (Å²) in [5, 5.41) is 1.25. The minimum atomic E-state index is -6.00. The maximum atomic E-state index is 9.75. The molecule has 0 aliphatic carbocycles. The molecule has 1 aromatic carbocycles. The fourth-order valence-corrected chi connectivity index (χ4v) is 1.38. The molecule has 1 aromatic heterocycles. The SMILES string of the molecule is Brc1ccc2cc[nH]c2c1.CC.F[B-](F)(F)F.F[B-](F)(F)F.F[B-](F)(F)F.NF. The fraction of sp³-hybridized carbons (Fsp3) is 0.200.